The summed E-state index contributed by atoms with van der Waals surface area (Å²) in [5.74, 6) is 0.659. The fourth-order valence-electron chi connectivity index (χ4n) is 1.66. The molecule has 0 aromatic rings. The van der Waals surface area contributed by atoms with E-state index in [1.165, 1.54) is 0 Å². The van der Waals surface area contributed by atoms with Crippen LogP contribution in [0.15, 0.2) is 0 Å². The van der Waals surface area contributed by atoms with Gasteiger partial charge in [0.1, 0.15) is 0 Å². The molecule has 5 heteroatoms. The third kappa shape index (κ3) is 3.55. The Labute approximate surface area is 86.2 Å². The maximum absolute atomic E-state index is 11.2. The minimum atomic E-state index is -2.75. The van der Waals surface area contributed by atoms with Crippen LogP contribution in [0.25, 0.3) is 0 Å². The quantitative estimate of drug-likeness (QED) is 0.620. The third-order valence-corrected chi connectivity index (χ3v) is 4.37. The Morgan fingerprint density at radius 3 is 2.71 bits per heavy atom. The van der Waals surface area contributed by atoms with Crippen LogP contribution in [0.5, 0.6) is 0 Å². The van der Waals surface area contributed by atoms with Gasteiger partial charge in [-0.3, -0.25) is 0 Å². The summed E-state index contributed by atoms with van der Waals surface area (Å²) in [5.41, 5.74) is 0. The molecule has 4 nitrogen and oxygen atoms in total. The van der Waals surface area contributed by atoms with Gasteiger partial charge in [-0.1, -0.05) is 0 Å². The van der Waals surface area contributed by atoms with E-state index in [0.29, 0.717) is 18.1 Å². The molecule has 1 heterocycles. The number of ether oxygens (including phenoxy) is 1. The van der Waals surface area contributed by atoms with Gasteiger partial charge in [0.25, 0.3) is 0 Å². The summed E-state index contributed by atoms with van der Waals surface area (Å²) in [6.07, 6.45) is 0.769. The molecular weight excluding hydrogens is 202 g/mol. The van der Waals surface area contributed by atoms with Crippen LogP contribution in [0.3, 0.4) is 0 Å². The molecule has 0 aromatic heterocycles. The molecule has 1 rings (SSSR count). The Morgan fingerprint density at radius 2 is 2.21 bits per heavy atom. The number of hydrogen-bond acceptors (Lipinski definition) is 4. The van der Waals surface area contributed by atoms with Gasteiger partial charge in [-0.05, 0) is 20.4 Å². The molecule has 0 N–H and O–H groups in total. The van der Waals surface area contributed by atoms with E-state index in [0.717, 1.165) is 19.6 Å². The number of nitrogens with zero attached hydrogens (tertiary/aromatic N) is 1. The second-order valence-corrected chi connectivity index (χ2v) is 5.96. The molecule has 1 fully saturated rings. The molecule has 1 aliphatic heterocycles. The zero-order valence-corrected chi connectivity index (χ0v) is 9.72. The zero-order chi connectivity index (χ0) is 10.6. The van der Waals surface area contributed by atoms with Gasteiger partial charge in [0, 0.05) is 19.2 Å². The van der Waals surface area contributed by atoms with E-state index >= 15 is 0 Å². The van der Waals surface area contributed by atoms with Crippen molar-refractivity contribution in [3.63, 3.8) is 0 Å². The molecule has 0 amide bonds. The van der Waals surface area contributed by atoms with Crippen molar-refractivity contribution in [2.24, 2.45) is 0 Å². The minimum Gasteiger partial charge on any atom is -0.380 e. The molecule has 0 radical (unpaired) electrons. The second kappa shape index (κ2) is 5.09. The average molecular weight is 221 g/mol. The average Bonchev–Trinajstić information content (AvgIpc) is 2.46. The molecule has 0 aliphatic carbocycles. The summed E-state index contributed by atoms with van der Waals surface area (Å²) in [4.78, 5) is 2.08. The SMILES string of the molecule is CCOCCN(C)C1CCS(=O)(=O)C1. The van der Waals surface area contributed by atoms with Crippen LogP contribution in [0.1, 0.15) is 13.3 Å². The van der Waals surface area contributed by atoms with Gasteiger partial charge in [-0.25, -0.2) is 8.42 Å². The summed E-state index contributed by atoms with van der Waals surface area (Å²) in [6.45, 7) is 4.18. The maximum Gasteiger partial charge on any atom is 0.151 e. The Balaban J connectivity index is 2.29. The predicted molar refractivity (Wildman–Crippen MR) is 56.2 cm³/mol. The van der Waals surface area contributed by atoms with E-state index in [1.807, 2.05) is 14.0 Å². The largest absolute Gasteiger partial charge is 0.380 e. The zero-order valence-electron chi connectivity index (χ0n) is 8.90. The van der Waals surface area contributed by atoms with Crippen LogP contribution in [-0.4, -0.2) is 57.7 Å². The molecule has 1 unspecified atom stereocenters. The van der Waals surface area contributed by atoms with Crippen molar-refractivity contribution in [3.05, 3.63) is 0 Å². The first-order valence-corrected chi connectivity index (χ1v) is 6.85. The molecule has 1 saturated heterocycles. The molecule has 0 aromatic carbocycles. The van der Waals surface area contributed by atoms with Crippen LogP contribution in [-0.2, 0) is 14.6 Å². The standard InChI is InChI=1S/C9H19NO3S/c1-3-13-6-5-10(2)9-4-7-14(11,12)8-9/h9H,3-8H2,1-2H3. The Morgan fingerprint density at radius 1 is 1.50 bits per heavy atom. The Bertz CT molecular complexity index is 263. The van der Waals surface area contributed by atoms with Crippen molar-refractivity contribution >= 4 is 9.84 Å². The normalized spacial score (nSPS) is 25.8. The summed E-state index contributed by atoms with van der Waals surface area (Å²) in [7, 11) is -0.791. The first kappa shape index (κ1) is 11.9. The number of sulfone groups is 1. The number of likely N-dealkylation sites (N-methyl/N-ethyl adjacent to an activating group) is 1. The molecule has 0 spiro atoms. The van der Waals surface area contributed by atoms with Crippen LogP contribution >= 0.6 is 0 Å². The highest BCUT2D eigenvalue weighted by molar-refractivity contribution is 7.91. The monoisotopic (exact) mass is 221 g/mol. The van der Waals surface area contributed by atoms with Crippen LogP contribution in [0.4, 0.5) is 0 Å². The highest BCUT2D eigenvalue weighted by Gasteiger charge is 2.30. The lowest BCUT2D eigenvalue weighted by atomic mass is 10.2. The van der Waals surface area contributed by atoms with Gasteiger partial charge in [0.15, 0.2) is 9.84 Å². The van der Waals surface area contributed by atoms with Gasteiger partial charge in [0.2, 0.25) is 0 Å². The fraction of sp³-hybridized carbons (Fsp3) is 1.00. The Kier molecular flexibility index (Phi) is 4.34. The molecule has 1 aliphatic rings. The highest BCUT2D eigenvalue weighted by atomic mass is 32.2. The van der Waals surface area contributed by atoms with Crippen molar-refractivity contribution in [2.75, 3.05) is 38.3 Å². The second-order valence-electron chi connectivity index (χ2n) is 3.73. The maximum atomic E-state index is 11.2. The Hall–Kier alpha value is -0.130. The molecular formula is C9H19NO3S. The lowest BCUT2D eigenvalue weighted by Gasteiger charge is -2.22. The molecule has 0 saturated carbocycles. The molecule has 84 valence electrons. The van der Waals surface area contributed by atoms with Gasteiger partial charge >= 0.3 is 0 Å². The first-order valence-electron chi connectivity index (χ1n) is 5.03. The van der Waals surface area contributed by atoms with Crippen LogP contribution in [0.2, 0.25) is 0 Å². The smallest absolute Gasteiger partial charge is 0.151 e. The van der Waals surface area contributed by atoms with E-state index in [2.05, 4.69) is 4.90 Å². The first-order chi connectivity index (χ1) is 6.55. The number of hydrogen-bond donors (Lipinski definition) is 0. The van der Waals surface area contributed by atoms with Crippen LogP contribution in [0, 0.1) is 0 Å². The van der Waals surface area contributed by atoms with E-state index in [4.69, 9.17) is 4.74 Å². The lowest BCUT2D eigenvalue weighted by Crippen LogP contribution is -2.35. The van der Waals surface area contributed by atoms with E-state index < -0.39 is 9.84 Å². The van der Waals surface area contributed by atoms with Crippen molar-refractivity contribution < 1.29 is 13.2 Å². The summed E-state index contributed by atoms with van der Waals surface area (Å²) in [5, 5.41) is 0. The van der Waals surface area contributed by atoms with E-state index in [-0.39, 0.29) is 6.04 Å². The van der Waals surface area contributed by atoms with Gasteiger partial charge < -0.3 is 9.64 Å². The molecule has 0 bridgehead atoms. The summed E-state index contributed by atoms with van der Waals surface area (Å²) < 4.78 is 27.7. The summed E-state index contributed by atoms with van der Waals surface area (Å²) in [6, 6.07) is 0.195. The van der Waals surface area contributed by atoms with Crippen molar-refractivity contribution in [1.29, 1.82) is 0 Å². The number of rotatable bonds is 5. The van der Waals surface area contributed by atoms with E-state index in [1.54, 1.807) is 0 Å². The minimum absolute atomic E-state index is 0.195. The highest BCUT2D eigenvalue weighted by Crippen LogP contribution is 2.15. The van der Waals surface area contributed by atoms with Gasteiger partial charge in [0.05, 0.1) is 18.1 Å². The third-order valence-electron chi connectivity index (χ3n) is 2.62. The lowest BCUT2D eigenvalue weighted by molar-refractivity contribution is 0.111. The van der Waals surface area contributed by atoms with E-state index in [9.17, 15) is 8.42 Å². The predicted octanol–water partition coefficient (Wildman–Crippen LogP) is 0.142. The molecule has 14 heavy (non-hydrogen) atoms. The van der Waals surface area contributed by atoms with Crippen molar-refractivity contribution in [2.45, 2.75) is 19.4 Å². The van der Waals surface area contributed by atoms with Gasteiger partial charge in [-0.2, -0.15) is 0 Å². The van der Waals surface area contributed by atoms with Gasteiger partial charge in [-0.15, -0.1) is 0 Å². The topological polar surface area (TPSA) is 46.6 Å². The van der Waals surface area contributed by atoms with Crippen LogP contribution < -0.4 is 0 Å². The summed E-state index contributed by atoms with van der Waals surface area (Å²) >= 11 is 0. The van der Waals surface area contributed by atoms with Crippen molar-refractivity contribution in [1.82, 2.24) is 4.90 Å². The molecule has 1 atom stereocenters. The van der Waals surface area contributed by atoms with Crippen molar-refractivity contribution in [3.8, 4) is 0 Å². The fourth-order valence-corrected chi connectivity index (χ4v) is 3.46.